The van der Waals surface area contributed by atoms with Crippen LogP contribution in [0.15, 0.2) is 59.2 Å². The summed E-state index contributed by atoms with van der Waals surface area (Å²) in [6.07, 6.45) is 1.98. The monoisotopic (exact) mass is 499 g/mol. The molecule has 5 rings (SSSR count). The molecule has 0 spiro atoms. The summed E-state index contributed by atoms with van der Waals surface area (Å²) in [7, 11) is 0. The van der Waals surface area contributed by atoms with Crippen molar-refractivity contribution >= 4 is 22.8 Å². The van der Waals surface area contributed by atoms with Crippen molar-refractivity contribution < 1.29 is 19.1 Å². The smallest absolute Gasteiger partial charge is 0.407 e. The van der Waals surface area contributed by atoms with Crippen LogP contribution in [0.25, 0.3) is 22.4 Å². The van der Waals surface area contributed by atoms with E-state index in [1.165, 1.54) is 4.90 Å². The van der Waals surface area contributed by atoms with Gasteiger partial charge in [-0.05, 0) is 40.3 Å². The summed E-state index contributed by atoms with van der Waals surface area (Å²) in [6.45, 7) is 5.40. The highest BCUT2D eigenvalue weighted by Gasteiger charge is 2.27. The van der Waals surface area contributed by atoms with Crippen LogP contribution in [0.1, 0.15) is 41.2 Å². The van der Waals surface area contributed by atoms with Crippen LogP contribution >= 0.6 is 0 Å². The van der Waals surface area contributed by atoms with Crippen LogP contribution in [0.2, 0.25) is 0 Å². The van der Waals surface area contributed by atoms with Crippen LogP contribution in [0, 0.1) is 5.92 Å². The second-order valence-corrected chi connectivity index (χ2v) is 9.72. The van der Waals surface area contributed by atoms with Crippen LogP contribution < -0.4 is 0 Å². The highest BCUT2D eigenvalue weighted by atomic mass is 16.4. The first kappa shape index (κ1) is 24.4. The molecule has 2 amide bonds. The lowest BCUT2D eigenvalue weighted by molar-refractivity contribution is 0.0618. The number of piperazine rings is 1. The van der Waals surface area contributed by atoms with E-state index in [1.807, 2.05) is 18.2 Å². The third kappa shape index (κ3) is 5.30. The van der Waals surface area contributed by atoms with Crippen molar-refractivity contribution in [2.45, 2.75) is 26.7 Å². The zero-order chi connectivity index (χ0) is 25.9. The molecule has 1 N–H and O–H groups in total. The quantitative estimate of drug-likeness (QED) is 0.415. The van der Waals surface area contributed by atoms with E-state index >= 15 is 0 Å². The van der Waals surface area contributed by atoms with E-state index in [9.17, 15) is 14.7 Å². The van der Waals surface area contributed by atoms with Gasteiger partial charge in [0.2, 0.25) is 5.89 Å². The number of carboxylic acid groups (broad SMARTS) is 1. The Morgan fingerprint density at radius 3 is 2.46 bits per heavy atom. The number of nitrogens with zero attached hydrogens (tertiary/aromatic N) is 5. The number of aromatic nitrogens is 3. The van der Waals surface area contributed by atoms with Crippen molar-refractivity contribution in [3.05, 3.63) is 77.3 Å². The van der Waals surface area contributed by atoms with Crippen LogP contribution in [0.3, 0.4) is 0 Å². The van der Waals surface area contributed by atoms with Crippen molar-refractivity contribution in [1.82, 2.24) is 25.0 Å². The molecule has 1 aliphatic rings. The van der Waals surface area contributed by atoms with Gasteiger partial charge in [-0.2, -0.15) is 0 Å². The highest BCUT2D eigenvalue weighted by Crippen LogP contribution is 2.27. The number of carbonyl (C=O) groups is 2. The first-order valence-corrected chi connectivity index (χ1v) is 12.4. The van der Waals surface area contributed by atoms with Crippen molar-refractivity contribution in [2.75, 3.05) is 26.2 Å². The first-order chi connectivity index (χ1) is 17.9. The van der Waals surface area contributed by atoms with Gasteiger partial charge in [-0.1, -0.05) is 56.3 Å². The molecular weight excluding hydrogens is 470 g/mol. The average molecular weight is 500 g/mol. The maximum Gasteiger partial charge on any atom is 0.407 e. The Balaban J connectivity index is 1.50. The molecule has 1 saturated heterocycles. The van der Waals surface area contributed by atoms with Gasteiger partial charge in [0.15, 0.2) is 11.4 Å². The maximum atomic E-state index is 13.3. The van der Waals surface area contributed by atoms with Gasteiger partial charge in [-0.25, -0.2) is 9.78 Å². The number of rotatable bonds is 6. The van der Waals surface area contributed by atoms with Gasteiger partial charge < -0.3 is 19.3 Å². The summed E-state index contributed by atoms with van der Waals surface area (Å²) < 4.78 is 5.80. The molecule has 37 heavy (non-hydrogen) atoms. The second-order valence-electron chi connectivity index (χ2n) is 9.72. The maximum absolute atomic E-state index is 13.3. The molecule has 0 unspecified atom stereocenters. The van der Waals surface area contributed by atoms with Crippen LogP contribution in [0.5, 0.6) is 0 Å². The molecule has 0 bridgehead atoms. The molecule has 9 heteroatoms. The summed E-state index contributed by atoms with van der Waals surface area (Å²) in [4.78, 5) is 32.1. The zero-order valence-corrected chi connectivity index (χ0v) is 20.9. The van der Waals surface area contributed by atoms with Crippen LogP contribution in [0.4, 0.5) is 4.79 Å². The Bertz CT molecular complexity index is 1430. The number of benzene rings is 2. The lowest BCUT2D eigenvalue weighted by Crippen LogP contribution is -2.50. The summed E-state index contributed by atoms with van der Waals surface area (Å²) in [5.41, 5.74) is 3.46. The molecule has 0 saturated carbocycles. The molecule has 0 aliphatic carbocycles. The molecule has 1 fully saturated rings. The number of hydrogen-bond acceptors (Lipinski definition) is 6. The van der Waals surface area contributed by atoms with Crippen LogP contribution in [-0.4, -0.2) is 68.3 Å². The number of amides is 2. The first-order valence-electron chi connectivity index (χ1n) is 12.4. The lowest BCUT2D eigenvalue weighted by atomic mass is 9.97. The number of hydrogen-bond donors (Lipinski definition) is 1. The molecule has 3 heterocycles. The van der Waals surface area contributed by atoms with Crippen molar-refractivity contribution in [1.29, 1.82) is 0 Å². The number of carbonyl (C=O) groups excluding carboxylic acids is 1. The topological polar surface area (TPSA) is 113 Å². The second kappa shape index (κ2) is 10.4. The zero-order valence-electron chi connectivity index (χ0n) is 20.9. The summed E-state index contributed by atoms with van der Waals surface area (Å²) in [5.74, 6) is 0.546. The van der Waals surface area contributed by atoms with E-state index in [1.54, 1.807) is 17.2 Å². The van der Waals surface area contributed by atoms with E-state index in [2.05, 4.69) is 53.3 Å². The van der Waals surface area contributed by atoms with Crippen molar-refractivity contribution in [3.63, 3.8) is 0 Å². The fourth-order valence-corrected chi connectivity index (χ4v) is 4.69. The molecule has 4 aromatic rings. The van der Waals surface area contributed by atoms with E-state index in [0.717, 1.165) is 34.0 Å². The fourth-order valence-electron chi connectivity index (χ4n) is 4.69. The van der Waals surface area contributed by atoms with Gasteiger partial charge in [0.25, 0.3) is 5.91 Å². The van der Waals surface area contributed by atoms with Gasteiger partial charge >= 0.3 is 6.09 Å². The molecule has 1 aliphatic heterocycles. The normalized spacial score (nSPS) is 13.9. The molecule has 2 aromatic carbocycles. The largest absolute Gasteiger partial charge is 0.465 e. The van der Waals surface area contributed by atoms with Gasteiger partial charge in [0.1, 0.15) is 6.26 Å². The Labute approximate surface area is 214 Å². The Kier molecular flexibility index (Phi) is 6.85. The lowest BCUT2D eigenvalue weighted by Gasteiger charge is -2.32. The van der Waals surface area contributed by atoms with Crippen LogP contribution in [-0.2, 0) is 12.8 Å². The third-order valence-corrected chi connectivity index (χ3v) is 6.56. The summed E-state index contributed by atoms with van der Waals surface area (Å²) >= 11 is 0. The Hall–Kier alpha value is -4.27. The third-order valence-electron chi connectivity index (χ3n) is 6.56. The Morgan fingerprint density at radius 1 is 0.973 bits per heavy atom. The summed E-state index contributed by atoms with van der Waals surface area (Å²) in [6, 6.07) is 16.1. The van der Waals surface area contributed by atoms with Crippen molar-refractivity contribution in [3.8, 4) is 11.6 Å². The SMILES string of the molecule is CC(C)Cc1coc(-c2nnc(C(=O)N3CCN(C(=O)O)CC3)cc2Cc2cccc3ccccc23)n1. The van der Waals surface area contributed by atoms with Gasteiger partial charge in [0.05, 0.1) is 5.69 Å². The summed E-state index contributed by atoms with van der Waals surface area (Å²) in [5, 5.41) is 20.1. The van der Waals surface area contributed by atoms with Gasteiger partial charge in [-0.15, -0.1) is 10.2 Å². The van der Waals surface area contributed by atoms with Gasteiger partial charge in [0, 0.05) is 32.6 Å². The minimum atomic E-state index is -0.976. The highest BCUT2D eigenvalue weighted by molar-refractivity contribution is 5.93. The fraction of sp³-hybridized carbons (Fsp3) is 0.321. The minimum Gasteiger partial charge on any atom is -0.465 e. The van der Waals surface area contributed by atoms with Crippen molar-refractivity contribution in [2.24, 2.45) is 5.92 Å². The standard InChI is InChI=1S/C28H29N5O4/c1-18(2)14-22-17-37-26(29-22)25-21(15-20-8-5-7-19-6-3-4-9-23(19)20)16-24(30-31-25)27(34)32-10-12-33(13-11-32)28(35)36/h3-9,16-18H,10-15H2,1-2H3,(H,35,36). The molecule has 0 radical (unpaired) electrons. The van der Waals surface area contributed by atoms with E-state index in [4.69, 9.17) is 4.42 Å². The van der Waals surface area contributed by atoms with E-state index in [-0.39, 0.29) is 24.7 Å². The molecular formula is C28H29N5O4. The van der Waals surface area contributed by atoms with Gasteiger partial charge in [-0.3, -0.25) is 4.79 Å². The number of oxazole rings is 1. The molecule has 2 aromatic heterocycles. The van der Waals surface area contributed by atoms with E-state index in [0.29, 0.717) is 37.0 Å². The minimum absolute atomic E-state index is 0.219. The predicted octanol–water partition coefficient (Wildman–Crippen LogP) is 4.51. The predicted molar refractivity (Wildman–Crippen MR) is 138 cm³/mol. The van der Waals surface area contributed by atoms with E-state index < -0.39 is 6.09 Å². The molecule has 190 valence electrons. The number of fused-ring (bicyclic) bond motifs is 1. The Morgan fingerprint density at radius 2 is 1.70 bits per heavy atom. The average Bonchev–Trinajstić information content (AvgIpc) is 3.36. The molecule has 9 nitrogen and oxygen atoms in total. The molecule has 0 atom stereocenters.